The Bertz CT molecular complexity index is 807. The van der Waals surface area contributed by atoms with Crippen molar-refractivity contribution in [2.45, 2.75) is 41.0 Å². The smallest absolute Gasteiger partial charge is 0.243 e. The van der Waals surface area contributed by atoms with Gasteiger partial charge in [-0.3, -0.25) is 10.2 Å². The minimum Gasteiger partial charge on any atom is -0.374 e. The predicted molar refractivity (Wildman–Crippen MR) is 108 cm³/mol. The summed E-state index contributed by atoms with van der Waals surface area (Å²) < 4.78 is 0. The largest absolute Gasteiger partial charge is 0.374 e. The summed E-state index contributed by atoms with van der Waals surface area (Å²) in [4.78, 5) is 12.6. The van der Waals surface area contributed by atoms with Crippen molar-refractivity contribution in [3.8, 4) is 0 Å². The third-order valence-electron chi connectivity index (χ3n) is 4.24. The summed E-state index contributed by atoms with van der Waals surface area (Å²) >= 11 is 5.14. The summed E-state index contributed by atoms with van der Waals surface area (Å²) in [6.45, 7) is 10.1. The van der Waals surface area contributed by atoms with Crippen molar-refractivity contribution < 1.29 is 4.79 Å². The van der Waals surface area contributed by atoms with Gasteiger partial charge in [-0.1, -0.05) is 29.8 Å². The van der Waals surface area contributed by atoms with Crippen LogP contribution in [0.25, 0.3) is 0 Å². The molecule has 3 N–H and O–H groups in total. The molecule has 0 fully saturated rings. The van der Waals surface area contributed by atoms with Crippen LogP contribution in [0.2, 0.25) is 0 Å². The van der Waals surface area contributed by atoms with Crippen molar-refractivity contribution in [2.24, 2.45) is 5.73 Å². The highest BCUT2D eigenvalue weighted by Gasteiger charge is 2.17. The van der Waals surface area contributed by atoms with Gasteiger partial charge < -0.3 is 5.73 Å². The van der Waals surface area contributed by atoms with E-state index >= 15 is 0 Å². The van der Waals surface area contributed by atoms with Crippen molar-refractivity contribution in [3.05, 3.63) is 63.7 Å². The monoisotopic (exact) mass is 355 g/mol. The van der Waals surface area contributed by atoms with E-state index < -0.39 is 0 Å². The zero-order valence-electron chi connectivity index (χ0n) is 15.4. The number of hydrogen-bond acceptors (Lipinski definition) is 2. The number of rotatable bonds is 3. The van der Waals surface area contributed by atoms with E-state index in [0.717, 1.165) is 33.5 Å². The first-order valence-electron chi connectivity index (χ1n) is 8.22. The third-order valence-corrected chi connectivity index (χ3v) is 4.42. The van der Waals surface area contributed by atoms with Gasteiger partial charge in [0, 0.05) is 0 Å². The van der Waals surface area contributed by atoms with Gasteiger partial charge in [0.05, 0.1) is 12.1 Å². The lowest BCUT2D eigenvalue weighted by Gasteiger charge is -2.25. The maximum Gasteiger partial charge on any atom is 0.243 e. The number of thiocarbonyl (C=S) groups is 1. The van der Waals surface area contributed by atoms with Crippen molar-refractivity contribution in [1.29, 1.82) is 0 Å². The molecule has 132 valence electrons. The molecule has 1 amide bonds. The number of nitrogens with zero attached hydrogens (tertiary/aromatic N) is 1. The number of carbonyl (C=O) groups is 1. The minimum absolute atomic E-state index is 0.111. The first-order chi connectivity index (χ1) is 11.7. The zero-order chi connectivity index (χ0) is 18.7. The molecule has 0 radical (unpaired) electrons. The SMILES string of the molecule is Cc1cc(C)c(CC(=O)NN(C(N)=S)c2cc(C)ccc2C)c(C)c1. The van der Waals surface area contributed by atoms with Crippen LogP contribution in [0.15, 0.2) is 30.3 Å². The summed E-state index contributed by atoms with van der Waals surface area (Å²) in [5.41, 5.74) is 16.0. The van der Waals surface area contributed by atoms with Gasteiger partial charge in [-0.15, -0.1) is 0 Å². The molecule has 0 saturated carbocycles. The molecule has 4 nitrogen and oxygen atoms in total. The van der Waals surface area contributed by atoms with Crippen LogP contribution in [0, 0.1) is 34.6 Å². The van der Waals surface area contributed by atoms with Gasteiger partial charge in [0.25, 0.3) is 0 Å². The highest BCUT2D eigenvalue weighted by atomic mass is 32.1. The Labute approximate surface area is 155 Å². The first kappa shape index (κ1) is 18.9. The molecule has 2 aromatic carbocycles. The number of nitrogens with one attached hydrogen (secondary N) is 1. The van der Waals surface area contributed by atoms with Gasteiger partial charge in [-0.05, 0) is 80.7 Å². The lowest BCUT2D eigenvalue weighted by molar-refractivity contribution is -0.120. The van der Waals surface area contributed by atoms with Crippen LogP contribution in [0.5, 0.6) is 0 Å². The standard InChI is InChI=1S/C20H25N3OS/c1-12-6-7-14(3)18(10-12)23(20(21)25)22-19(24)11-17-15(4)8-13(2)9-16(17)5/h6-10H,11H2,1-5H3,(H2,21,25)(H,22,24). The number of amides is 1. The second kappa shape index (κ2) is 7.66. The Balaban J connectivity index is 2.25. The number of anilines is 1. The molecule has 0 aliphatic carbocycles. The van der Waals surface area contributed by atoms with Crippen LogP contribution in [0.3, 0.4) is 0 Å². The quantitative estimate of drug-likeness (QED) is 0.653. The molecule has 5 heteroatoms. The van der Waals surface area contributed by atoms with Gasteiger partial charge in [0.15, 0.2) is 5.11 Å². The van der Waals surface area contributed by atoms with Gasteiger partial charge in [0.2, 0.25) is 5.91 Å². The van der Waals surface area contributed by atoms with Gasteiger partial charge in [0.1, 0.15) is 0 Å². The molecule has 2 rings (SSSR count). The average Bonchev–Trinajstić information content (AvgIpc) is 2.51. The highest BCUT2D eigenvalue weighted by molar-refractivity contribution is 7.80. The number of aryl methyl sites for hydroxylation is 5. The van der Waals surface area contributed by atoms with Gasteiger partial charge in [-0.25, -0.2) is 5.01 Å². The zero-order valence-corrected chi connectivity index (χ0v) is 16.3. The molecule has 0 aliphatic heterocycles. The Kier molecular flexibility index (Phi) is 5.80. The van der Waals surface area contributed by atoms with Crippen molar-refractivity contribution >= 4 is 28.9 Å². The molecule has 0 saturated heterocycles. The fourth-order valence-electron chi connectivity index (χ4n) is 3.01. The summed E-state index contributed by atoms with van der Waals surface area (Å²) in [5, 5.41) is 1.60. The minimum atomic E-state index is -0.149. The maximum atomic E-state index is 12.6. The highest BCUT2D eigenvalue weighted by Crippen LogP contribution is 2.21. The van der Waals surface area contributed by atoms with Crippen LogP contribution in [-0.4, -0.2) is 11.0 Å². The molecule has 0 bridgehead atoms. The third kappa shape index (κ3) is 4.57. The number of hydrogen-bond donors (Lipinski definition) is 2. The van der Waals surface area contributed by atoms with Crippen LogP contribution >= 0.6 is 12.2 Å². The molecule has 0 aromatic heterocycles. The molecule has 0 spiro atoms. The Morgan fingerprint density at radius 3 is 2.16 bits per heavy atom. The fraction of sp³-hybridized carbons (Fsp3) is 0.300. The lowest BCUT2D eigenvalue weighted by Crippen LogP contribution is -2.50. The normalized spacial score (nSPS) is 10.4. The fourth-order valence-corrected chi connectivity index (χ4v) is 3.15. The second-order valence-electron chi connectivity index (χ2n) is 6.55. The molecular weight excluding hydrogens is 330 g/mol. The van der Waals surface area contributed by atoms with E-state index in [1.165, 1.54) is 10.6 Å². The Hall–Kier alpha value is -2.40. The van der Waals surface area contributed by atoms with E-state index in [2.05, 4.69) is 24.5 Å². The van der Waals surface area contributed by atoms with Crippen LogP contribution in [0.1, 0.15) is 33.4 Å². The molecule has 0 aliphatic rings. The van der Waals surface area contributed by atoms with E-state index in [1.54, 1.807) is 0 Å². The van der Waals surface area contributed by atoms with E-state index in [-0.39, 0.29) is 17.4 Å². The summed E-state index contributed by atoms with van der Waals surface area (Å²) in [6, 6.07) is 10.1. The second-order valence-corrected chi connectivity index (χ2v) is 6.97. The van der Waals surface area contributed by atoms with Crippen LogP contribution in [0.4, 0.5) is 5.69 Å². The Morgan fingerprint density at radius 1 is 1.00 bits per heavy atom. The van der Waals surface area contributed by atoms with E-state index in [9.17, 15) is 4.79 Å². The number of benzene rings is 2. The number of carbonyl (C=O) groups excluding carboxylic acids is 1. The van der Waals surface area contributed by atoms with Crippen molar-refractivity contribution in [1.82, 2.24) is 5.43 Å². The number of nitrogens with two attached hydrogens (primary N) is 1. The molecule has 2 aromatic rings. The summed E-state index contributed by atoms with van der Waals surface area (Å²) in [7, 11) is 0. The van der Waals surface area contributed by atoms with Crippen LogP contribution < -0.4 is 16.2 Å². The molecule has 25 heavy (non-hydrogen) atoms. The average molecular weight is 356 g/mol. The molecule has 0 unspecified atom stereocenters. The lowest BCUT2D eigenvalue weighted by atomic mass is 9.97. The van der Waals surface area contributed by atoms with Crippen molar-refractivity contribution in [2.75, 3.05) is 5.01 Å². The topological polar surface area (TPSA) is 58.4 Å². The number of hydrazine groups is 1. The van der Waals surface area contributed by atoms with E-state index in [4.69, 9.17) is 18.0 Å². The molecular formula is C20H25N3OS. The predicted octanol–water partition coefficient (Wildman–Crippen LogP) is 3.55. The summed E-state index contributed by atoms with van der Waals surface area (Å²) in [5.74, 6) is -0.149. The molecule has 0 heterocycles. The van der Waals surface area contributed by atoms with E-state index in [1.807, 2.05) is 45.9 Å². The maximum absolute atomic E-state index is 12.6. The summed E-state index contributed by atoms with van der Waals surface area (Å²) in [6.07, 6.45) is 0.280. The molecule has 0 atom stereocenters. The Morgan fingerprint density at radius 2 is 1.60 bits per heavy atom. The van der Waals surface area contributed by atoms with Gasteiger partial charge >= 0.3 is 0 Å². The van der Waals surface area contributed by atoms with E-state index in [0.29, 0.717) is 0 Å². The van der Waals surface area contributed by atoms with Crippen LogP contribution in [-0.2, 0) is 11.2 Å². The first-order valence-corrected chi connectivity index (χ1v) is 8.63. The van der Waals surface area contributed by atoms with Crippen molar-refractivity contribution in [3.63, 3.8) is 0 Å². The van der Waals surface area contributed by atoms with Gasteiger partial charge in [-0.2, -0.15) is 0 Å².